The van der Waals surface area contributed by atoms with Crippen LogP contribution in [0.4, 0.5) is 0 Å². The van der Waals surface area contributed by atoms with E-state index in [0.717, 1.165) is 32.1 Å². The zero-order valence-corrected chi connectivity index (χ0v) is 33.6. The van der Waals surface area contributed by atoms with Gasteiger partial charge in [-0.15, -0.1) is 0 Å². The molecule has 1 amide bonds. The number of nitrogens with two attached hydrogens (primary N) is 1. The van der Waals surface area contributed by atoms with Gasteiger partial charge in [0.15, 0.2) is 0 Å². The van der Waals surface area contributed by atoms with Crippen LogP contribution in [0.3, 0.4) is 0 Å². The minimum Gasteiger partial charge on any atom is -0.481 e. The summed E-state index contributed by atoms with van der Waals surface area (Å²) in [6, 6.07) is -0.283. The van der Waals surface area contributed by atoms with E-state index >= 15 is 0 Å². The molecule has 6 rings (SSSR count). The second-order valence-electron chi connectivity index (χ2n) is 20.1. The molecule has 286 valence electrons. The number of ether oxygens (including phenoxy) is 2. The minimum absolute atomic E-state index is 0.193. The smallest absolute Gasteiger partial charge is 0.307 e. The molecule has 12 atom stereocenters. The van der Waals surface area contributed by atoms with Gasteiger partial charge in [0.1, 0.15) is 6.33 Å². The number of carboxylic acids is 1. The number of carboxylic acid groups (broad SMARTS) is 1. The first kappa shape index (κ1) is 38.4. The molecule has 0 aromatic carbocycles. The maximum Gasteiger partial charge on any atom is 0.307 e. The second kappa shape index (κ2) is 12.4. The van der Waals surface area contributed by atoms with E-state index in [1.807, 2.05) is 4.68 Å². The summed E-state index contributed by atoms with van der Waals surface area (Å²) in [4.78, 5) is 31.2. The van der Waals surface area contributed by atoms with Gasteiger partial charge in [-0.3, -0.25) is 9.59 Å². The fourth-order valence-corrected chi connectivity index (χ4v) is 12.4. The molecule has 1 aromatic rings. The summed E-state index contributed by atoms with van der Waals surface area (Å²) >= 11 is 0. The first-order valence-electron chi connectivity index (χ1n) is 19.6. The van der Waals surface area contributed by atoms with E-state index in [2.05, 4.69) is 92.5 Å². The van der Waals surface area contributed by atoms with Crippen molar-refractivity contribution in [3.63, 3.8) is 0 Å². The summed E-state index contributed by atoms with van der Waals surface area (Å²) in [7, 11) is 1.62. The molecular weight excluding hydrogens is 642 g/mol. The quantitative estimate of drug-likeness (QED) is 0.247. The van der Waals surface area contributed by atoms with E-state index in [0.29, 0.717) is 32.2 Å². The normalized spacial score (nSPS) is 42.5. The van der Waals surface area contributed by atoms with Gasteiger partial charge in [-0.25, -0.2) is 9.67 Å². The molecule has 0 radical (unpaired) electrons. The molecule has 1 aliphatic heterocycles. The number of fused-ring (bicyclic) bond motifs is 3. The number of aromatic nitrogens is 3. The van der Waals surface area contributed by atoms with E-state index < -0.39 is 28.3 Å². The van der Waals surface area contributed by atoms with Gasteiger partial charge in [0.05, 0.1) is 37.9 Å². The zero-order chi connectivity index (χ0) is 37.7. The number of aliphatic carboxylic acids is 1. The van der Waals surface area contributed by atoms with Gasteiger partial charge in [-0.1, -0.05) is 80.9 Å². The number of amides is 1. The summed E-state index contributed by atoms with van der Waals surface area (Å²) in [5, 5.41) is 18.6. The monoisotopic (exact) mass is 710 g/mol. The molecule has 10 heteroatoms. The van der Waals surface area contributed by atoms with Crippen LogP contribution in [0.2, 0.25) is 0 Å². The van der Waals surface area contributed by atoms with Crippen LogP contribution in [0.15, 0.2) is 18.0 Å². The van der Waals surface area contributed by atoms with Crippen molar-refractivity contribution in [3.8, 4) is 0 Å². The lowest BCUT2D eigenvalue weighted by atomic mass is 9.34. The second-order valence-corrected chi connectivity index (χ2v) is 20.1. The largest absolute Gasteiger partial charge is 0.481 e. The molecule has 0 spiro atoms. The average Bonchev–Trinajstić information content (AvgIpc) is 3.53. The molecule has 2 heterocycles. The number of rotatable bonds is 8. The molecular formula is C41H67N5O5. The van der Waals surface area contributed by atoms with Crippen molar-refractivity contribution in [1.29, 1.82) is 0 Å². The Bertz CT molecular complexity index is 1560. The molecule has 51 heavy (non-hydrogen) atoms. The van der Waals surface area contributed by atoms with Crippen LogP contribution in [0, 0.1) is 62.1 Å². The lowest BCUT2D eigenvalue weighted by molar-refractivity contribution is -0.253. The first-order chi connectivity index (χ1) is 23.6. The summed E-state index contributed by atoms with van der Waals surface area (Å²) in [5.74, 6) is 0.107. The minimum atomic E-state index is -0.650. The first-order valence-corrected chi connectivity index (χ1v) is 19.6. The van der Waals surface area contributed by atoms with Gasteiger partial charge >= 0.3 is 5.97 Å². The maximum absolute atomic E-state index is 13.5. The van der Waals surface area contributed by atoms with Crippen molar-refractivity contribution in [1.82, 2.24) is 20.1 Å². The Kier molecular flexibility index (Phi) is 9.32. The molecule has 4 aliphatic carbocycles. The van der Waals surface area contributed by atoms with E-state index in [1.54, 1.807) is 7.05 Å². The Morgan fingerprint density at radius 3 is 2.39 bits per heavy atom. The molecule has 10 nitrogen and oxygen atoms in total. The number of nitrogens with zero attached hydrogens (tertiary/aromatic N) is 3. The van der Waals surface area contributed by atoms with E-state index in [4.69, 9.17) is 20.3 Å². The van der Waals surface area contributed by atoms with Crippen LogP contribution in [-0.2, 0) is 14.3 Å². The van der Waals surface area contributed by atoms with Crippen molar-refractivity contribution < 1.29 is 24.2 Å². The maximum atomic E-state index is 13.5. The summed E-state index contributed by atoms with van der Waals surface area (Å²) in [6.07, 6.45) is 8.98. The van der Waals surface area contributed by atoms with E-state index in [1.165, 1.54) is 11.9 Å². The molecule has 1 aromatic heterocycles. The topological polar surface area (TPSA) is 142 Å². The van der Waals surface area contributed by atoms with Crippen LogP contribution >= 0.6 is 0 Å². The van der Waals surface area contributed by atoms with Gasteiger partial charge < -0.3 is 25.6 Å². The average molecular weight is 710 g/mol. The highest BCUT2D eigenvalue weighted by atomic mass is 16.5. The Morgan fingerprint density at radius 1 is 1.10 bits per heavy atom. The van der Waals surface area contributed by atoms with Crippen molar-refractivity contribution in [2.75, 3.05) is 26.9 Å². The molecule has 1 saturated heterocycles. The van der Waals surface area contributed by atoms with Crippen LogP contribution < -0.4 is 11.1 Å². The molecule has 3 saturated carbocycles. The van der Waals surface area contributed by atoms with Gasteiger partial charge in [0, 0.05) is 23.4 Å². The lowest BCUT2D eigenvalue weighted by Crippen LogP contribution is -2.69. The van der Waals surface area contributed by atoms with Crippen molar-refractivity contribution >= 4 is 11.9 Å². The Labute approximate surface area is 306 Å². The van der Waals surface area contributed by atoms with Crippen molar-refractivity contribution in [3.05, 3.63) is 23.8 Å². The Morgan fingerprint density at radius 2 is 1.78 bits per heavy atom. The molecule has 5 aliphatic rings. The predicted octanol–water partition coefficient (Wildman–Crippen LogP) is 6.92. The predicted molar refractivity (Wildman–Crippen MR) is 198 cm³/mol. The third-order valence-electron chi connectivity index (χ3n) is 16.7. The van der Waals surface area contributed by atoms with E-state index in [-0.39, 0.29) is 63.3 Å². The van der Waals surface area contributed by atoms with Crippen LogP contribution in [0.5, 0.6) is 0 Å². The van der Waals surface area contributed by atoms with Gasteiger partial charge in [-0.2, -0.15) is 5.10 Å². The SMILES string of the molecule is CNC(=O)c1ncnn1[C@@H]1CC23COC[C@@](C)([C@@H]2CC[C@H]2C3=CC[C@@]3(C)[C@H](C(=O)O)[C@@](C)([C@H](C)C(C)C)CC[C@]23C)[C@H]1OC[C@](C)(N)C(C)(C)C. The van der Waals surface area contributed by atoms with Crippen LogP contribution in [0.25, 0.3) is 0 Å². The third-order valence-corrected chi connectivity index (χ3v) is 16.7. The number of carbonyl (C=O) groups is 2. The van der Waals surface area contributed by atoms with Crippen LogP contribution in [0.1, 0.15) is 131 Å². The Hall–Kier alpha value is -2.30. The van der Waals surface area contributed by atoms with Crippen LogP contribution in [-0.4, -0.2) is 70.3 Å². The fourth-order valence-electron chi connectivity index (χ4n) is 12.4. The number of allylic oxidation sites excluding steroid dienone is 1. The lowest BCUT2D eigenvalue weighted by Gasteiger charge is -2.71. The number of nitrogens with one attached hydrogen (secondary N) is 1. The van der Waals surface area contributed by atoms with Crippen molar-refractivity contribution in [2.45, 2.75) is 132 Å². The standard InChI is InChI=1S/C41H67N5O5/c1-24(2)25(3)36(7)17-18-38(9)26-13-14-29-37(8)20-50-22-41(29,27(26)15-16-39(38,10)30(36)34(48)49)19-28(46-32(33(47)43-12)44-23-45-46)31(37)51-21-40(11,42)35(4,5)6/h15,23-26,28-31H,13-14,16-22,42H2,1-12H3,(H,43,47)(H,48,49)/t25-,26+,28-,29+,30-,31+,36-,37+,38-,39+,40+,41?/m1/s1. The summed E-state index contributed by atoms with van der Waals surface area (Å²) in [5.41, 5.74) is 5.98. The summed E-state index contributed by atoms with van der Waals surface area (Å²) < 4.78 is 15.6. The highest BCUT2D eigenvalue weighted by Crippen LogP contribution is 2.75. The number of hydrogen-bond acceptors (Lipinski definition) is 7. The van der Waals surface area contributed by atoms with Crippen molar-refractivity contribution in [2.24, 2.45) is 67.8 Å². The molecule has 4 N–H and O–H groups in total. The highest BCUT2D eigenvalue weighted by molar-refractivity contribution is 5.90. The third kappa shape index (κ3) is 5.33. The Balaban J connectivity index is 1.48. The summed E-state index contributed by atoms with van der Waals surface area (Å²) in [6.45, 7) is 26.0. The van der Waals surface area contributed by atoms with E-state index in [9.17, 15) is 14.7 Å². The number of hydrogen-bond donors (Lipinski definition) is 3. The number of carbonyl (C=O) groups excluding carboxylic acids is 1. The molecule has 2 bridgehead atoms. The highest BCUT2D eigenvalue weighted by Gasteiger charge is 2.72. The van der Waals surface area contributed by atoms with Gasteiger partial charge in [-0.05, 0) is 90.8 Å². The fraction of sp³-hybridized carbons (Fsp3) is 0.854. The van der Waals surface area contributed by atoms with Gasteiger partial charge in [0.2, 0.25) is 5.82 Å². The van der Waals surface area contributed by atoms with Gasteiger partial charge in [0.25, 0.3) is 5.91 Å². The molecule has 4 fully saturated rings. The zero-order valence-electron chi connectivity index (χ0n) is 33.6. The molecule has 1 unspecified atom stereocenters.